The summed E-state index contributed by atoms with van der Waals surface area (Å²) in [5.41, 5.74) is 6.96. The van der Waals surface area contributed by atoms with E-state index in [4.69, 9.17) is 5.73 Å². The van der Waals surface area contributed by atoms with Gasteiger partial charge in [0.1, 0.15) is 42.3 Å². The molecular weight excluding hydrogens is 829 g/mol. The second-order valence-corrected chi connectivity index (χ2v) is 17.3. The summed E-state index contributed by atoms with van der Waals surface area (Å²) in [6.07, 6.45) is -0.366. The largest absolute Gasteiger partial charge is 0.480 e. The zero-order chi connectivity index (χ0) is 46.8. The van der Waals surface area contributed by atoms with Crippen LogP contribution in [0, 0.1) is 11.8 Å². The van der Waals surface area contributed by atoms with Crippen LogP contribution in [-0.4, -0.2) is 158 Å². The third-order valence-electron chi connectivity index (χ3n) is 10.2. The summed E-state index contributed by atoms with van der Waals surface area (Å²) in [7, 11) is 0. The van der Waals surface area contributed by atoms with Gasteiger partial charge in [0.15, 0.2) is 0 Å². The molecule has 2 rings (SSSR count). The maximum atomic E-state index is 14.0. The molecule has 7 amide bonds. The van der Waals surface area contributed by atoms with Gasteiger partial charge in [-0.2, -0.15) is 11.8 Å². The molecule has 0 unspecified atom stereocenters. The summed E-state index contributed by atoms with van der Waals surface area (Å²) < 4.78 is 0. The van der Waals surface area contributed by atoms with E-state index in [-0.39, 0.29) is 38.1 Å². The Kier molecular flexibility index (Phi) is 22.3. The summed E-state index contributed by atoms with van der Waals surface area (Å²) in [5.74, 6) is -7.42. The first kappa shape index (κ1) is 53.3. The molecule has 0 aromatic heterocycles. The van der Waals surface area contributed by atoms with Crippen molar-refractivity contribution < 1.29 is 58.8 Å². The van der Waals surface area contributed by atoms with Gasteiger partial charge in [0.2, 0.25) is 41.4 Å². The fourth-order valence-corrected chi connectivity index (χ4v) is 7.19. The van der Waals surface area contributed by atoms with Gasteiger partial charge in [0, 0.05) is 6.54 Å². The number of nitrogens with one attached hydrogen (secondary N) is 6. The monoisotopic (exact) mass is 894 g/mol. The Morgan fingerprint density at radius 1 is 0.742 bits per heavy atom. The van der Waals surface area contributed by atoms with E-state index in [1.165, 1.54) is 30.5 Å². The third kappa shape index (κ3) is 16.5. The standard InChI is InChI=1S/C41H66N8O12S/c1-21(2)18-28(35(54)47-32(23(5)51)39(58)45-29(20-50)36(55)43-27(41(60)61)15-17-62-7)44-37(56)30-14-11-16-49(30)40(59)33(24(6)52)48-38(57)31(22(3)4)46-34(53)26(42)19-25-12-9-8-10-13-25/h8-10,12-13,21-24,26-33,50-52H,11,14-20,42H2,1-7H3,(H,43,55)(H,44,56)(H,45,58)(H,46,53)(H,47,54)(H,48,57)(H,60,61)/t23-,24-,26+,27+,28+,29+,30+,31+,32+,33+/m1/s1. The zero-order valence-electron chi connectivity index (χ0n) is 36.5. The highest BCUT2D eigenvalue weighted by Crippen LogP contribution is 2.21. The van der Waals surface area contributed by atoms with E-state index in [0.29, 0.717) is 12.2 Å². The van der Waals surface area contributed by atoms with E-state index in [9.17, 15) is 58.8 Å². The van der Waals surface area contributed by atoms with Crippen molar-refractivity contribution in [2.75, 3.05) is 25.2 Å². The Bertz CT molecular complexity index is 1680. The highest BCUT2D eigenvalue weighted by molar-refractivity contribution is 7.98. The number of carbonyl (C=O) groups is 8. The first-order valence-corrected chi connectivity index (χ1v) is 22.1. The summed E-state index contributed by atoms with van der Waals surface area (Å²) in [4.78, 5) is 107. The first-order chi connectivity index (χ1) is 29.1. The Morgan fingerprint density at radius 2 is 1.29 bits per heavy atom. The molecule has 1 heterocycles. The van der Waals surface area contributed by atoms with Gasteiger partial charge in [-0.15, -0.1) is 0 Å². The van der Waals surface area contributed by atoms with E-state index in [2.05, 4.69) is 31.9 Å². The molecule has 0 bridgehead atoms. The van der Waals surface area contributed by atoms with Gasteiger partial charge in [-0.3, -0.25) is 33.6 Å². The molecule has 10 atom stereocenters. The molecule has 1 saturated heterocycles. The maximum absolute atomic E-state index is 14.0. The Labute approximate surface area is 366 Å². The minimum atomic E-state index is -1.69. The number of thioether (sulfide) groups is 1. The van der Waals surface area contributed by atoms with Crippen molar-refractivity contribution >= 4 is 59.1 Å². The van der Waals surface area contributed by atoms with Gasteiger partial charge >= 0.3 is 5.97 Å². The van der Waals surface area contributed by atoms with E-state index >= 15 is 0 Å². The fourth-order valence-electron chi connectivity index (χ4n) is 6.72. The summed E-state index contributed by atoms with van der Waals surface area (Å²) >= 11 is 1.36. The van der Waals surface area contributed by atoms with Crippen molar-refractivity contribution in [1.82, 2.24) is 36.8 Å². The Balaban J connectivity index is 2.20. The molecule has 0 radical (unpaired) electrons. The highest BCUT2D eigenvalue weighted by Gasteiger charge is 2.42. The number of benzene rings is 1. The van der Waals surface area contributed by atoms with Crippen LogP contribution in [0.4, 0.5) is 0 Å². The molecule has 12 N–H and O–H groups in total. The van der Waals surface area contributed by atoms with Gasteiger partial charge in [0.05, 0.1) is 24.9 Å². The molecule has 348 valence electrons. The van der Waals surface area contributed by atoms with Crippen LogP contribution in [0.5, 0.6) is 0 Å². The summed E-state index contributed by atoms with van der Waals surface area (Å²) in [5, 5.41) is 55.3. The number of aliphatic carboxylic acids is 1. The predicted molar refractivity (Wildman–Crippen MR) is 230 cm³/mol. The van der Waals surface area contributed by atoms with Crippen LogP contribution in [0.2, 0.25) is 0 Å². The second-order valence-electron chi connectivity index (χ2n) is 16.3. The van der Waals surface area contributed by atoms with Gasteiger partial charge < -0.3 is 63.0 Å². The van der Waals surface area contributed by atoms with Crippen molar-refractivity contribution in [3.8, 4) is 0 Å². The van der Waals surface area contributed by atoms with Gasteiger partial charge in [0.25, 0.3) is 0 Å². The number of nitrogens with zero attached hydrogens (tertiary/aromatic N) is 1. The normalized spacial score (nSPS) is 18.2. The van der Waals surface area contributed by atoms with Crippen LogP contribution in [-0.2, 0) is 44.8 Å². The molecule has 1 aromatic rings. The number of hydrogen-bond donors (Lipinski definition) is 11. The van der Waals surface area contributed by atoms with Crippen molar-refractivity contribution in [2.24, 2.45) is 17.6 Å². The lowest BCUT2D eigenvalue weighted by molar-refractivity contribution is -0.145. The lowest BCUT2D eigenvalue weighted by Crippen LogP contribution is -2.62. The number of carboxylic acids is 1. The molecule has 1 aliphatic heterocycles. The molecule has 0 spiro atoms. The number of aliphatic hydroxyl groups excluding tert-OH is 3. The lowest BCUT2D eigenvalue weighted by atomic mass is 10.00. The molecule has 0 aliphatic carbocycles. The third-order valence-corrected chi connectivity index (χ3v) is 10.9. The number of carboxylic acid groups (broad SMARTS) is 1. The van der Waals surface area contributed by atoms with Gasteiger partial charge in [-0.25, -0.2) is 4.79 Å². The molecule has 21 heteroatoms. The van der Waals surface area contributed by atoms with Gasteiger partial charge in [-0.1, -0.05) is 58.0 Å². The number of nitrogens with two attached hydrogens (primary N) is 1. The van der Waals surface area contributed by atoms with E-state index in [0.717, 1.165) is 5.56 Å². The molecular formula is C41H66N8O12S. The Morgan fingerprint density at radius 3 is 1.82 bits per heavy atom. The van der Waals surface area contributed by atoms with Crippen molar-refractivity contribution in [3.63, 3.8) is 0 Å². The summed E-state index contributed by atoms with van der Waals surface area (Å²) in [6.45, 7) is 8.53. The molecule has 0 saturated carbocycles. The van der Waals surface area contributed by atoms with Crippen LogP contribution < -0.4 is 37.6 Å². The Hall–Kier alpha value is -4.83. The zero-order valence-corrected chi connectivity index (χ0v) is 37.3. The van der Waals surface area contributed by atoms with E-state index < -0.39 is 120 Å². The quantitative estimate of drug-likeness (QED) is 0.0495. The predicted octanol–water partition coefficient (Wildman–Crippen LogP) is -2.25. The maximum Gasteiger partial charge on any atom is 0.326 e. The van der Waals surface area contributed by atoms with Crippen molar-refractivity contribution in [1.29, 1.82) is 0 Å². The van der Waals surface area contributed by atoms with E-state index in [1.807, 2.05) is 30.3 Å². The van der Waals surface area contributed by atoms with Gasteiger partial charge in [-0.05, 0) is 75.4 Å². The van der Waals surface area contributed by atoms with Crippen LogP contribution in [0.15, 0.2) is 30.3 Å². The lowest BCUT2D eigenvalue weighted by Gasteiger charge is -2.32. The number of carbonyl (C=O) groups excluding carboxylic acids is 7. The van der Waals surface area contributed by atoms with Crippen LogP contribution >= 0.6 is 11.8 Å². The molecule has 1 aliphatic rings. The molecule has 1 fully saturated rings. The average Bonchev–Trinajstić information content (AvgIpc) is 3.71. The summed E-state index contributed by atoms with van der Waals surface area (Å²) in [6, 6.07) is -1.63. The average molecular weight is 895 g/mol. The topological polar surface area (TPSA) is 319 Å². The fraction of sp³-hybridized carbons (Fsp3) is 0.659. The highest BCUT2D eigenvalue weighted by atomic mass is 32.2. The van der Waals surface area contributed by atoms with Crippen LogP contribution in [0.25, 0.3) is 0 Å². The van der Waals surface area contributed by atoms with Crippen molar-refractivity contribution in [3.05, 3.63) is 35.9 Å². The van der Waals surface area contributed by atoms with E-state index in [1.54, 1.807) is 34.0 Å². The van der Waals surface area contributed by atoms with Crippen LogP contribution in [0.1, 0.15) is 72.8 Å². The first-order valence-electron chi connectivity index (χ1n) is 20.7. The minimum Gasteiger partial charge on any atom is -0.480 e. The number of likely N-dealkylation sites (tertiary alicyclic amines) is 1. The molecule has 20 nitrogen and oxygen atoms in total. The SMILES string of the molecule is CSCC[C@H](NC(=O)[C@H](CO)NC(=O)[C@@H](NC(=O)[C@H](CC(C)C)NC(=O)[C@@H]1CCCN1C(=O)[C@@H](NC(=O)[C@@H](NC(=O)[C@@H](N)Cc1ccccc1)C(C)C)[C@@H](C)O)[C@@H](C)O)C(=O)O. The molecule has 1 aromatic carbocycles. The second kappa shape index (κ2) is 25.9. The van der Waals surface area contributed by atoms with Crippen LogP contribution in [0.3, 0.4) is 0 Å². The number of rotatable bonds is 25. The van der Waals surface area contributed by atoms with Crippen molar-refractivity contribution in [2.45, 2.75) is 134 Å². The smallest absolute Gasteiger partial charge is 0.326 e. The minimum absolute atomic E-state index is 0.0460. The number of hydrogen-bond acceptors (Lipinski definition) is 13. The molecule has 62 heavy (non-hydrogen) atoms. The number of amides is 7. The number of aliphatic hydroxyl groups is 3.